The van der Waals surface area contributed by atoms with Crippen LogP contribution in [0.25, 0.3) is 0 Å². The van der Waals surface area contributed by atoms with E-state index in [-0.39, 0.29) is 11.0 Å². The Morgan fingerprint density at radius 1 is 1.30 bits per heavy atom. The molecule has 4 nitrogen and oxygen atoms in total. The number of carbonyl (C=O) groups is 2. The molecule has 0 aromatic rings. The van der Waals surface area contributed by atoms with Crippen molar-refractivity contribution in [3.63, 3.8) is 0 Å². The Morgan fingerprint density at radius 3 is 2.55 bits per heavy atom. The van der Waals surface area contributed by atoms with E-state index in [4.69, 9.17) is 9.16 Å². The molecule has 0 saturated carbocycles. The minimum atomic E-state index is -1.92. The first kappa shape index (κ1) is 15.0. The zero-order valence-electron chi connectivity index (χ0n) is 12.7. The predicted molar refractivity (Wildman–Crippen MR) is 78.2 cm³/mol. The van der Waals surface area contributed by atoms with Gasteiger partial charge in [0.15, 0.2) is 0 Å². The van der Waals surface area contributed by atoms with Gasteiger partial charge in [-0.05, 0) is 30.1 Å². The molecule has 2 atom stereocenters. The fraction of sp³-hybridized carbons (Fsp3) is 0.600. The zero-order valence-corrected chi connectivity index (χ0v) is 13.7. The van der Waals surface area contributed by atoms with Gasteiger partial charge in [0.1, 0.15) is 0 Å². The Hall–Kier alpha value is -1.36. The van der Waals surface area contributed by atoms with Gasteiger partial charge in [0.05, 0.1) is 18.1 Å². The Bertz CT molecular complexity index is 496. The van der Waals surface area contributed by atoms with Gasteiger partial charge in [-0.1, -0.05) is 32.9 Å². The molecule has 1 heterocycles. The summed E-state index contributed by atoms with van der Waals surface area (Å²) in [6, 6.07) is 0. The predicted octanol–water partition coefficient (Wildman–Crippen LogP) is 3.17. The third kappa shape index (κ3) is 2.59. The van der Waals surface area contributed by atoms with Gasteiger partial charge in [-0.3, -0.25) is 9.59 Å². The number of fused-ring (bicyclic) bond motifs is 1. The number of allylic oxidation sites excluding steroid dienone is 2. The van der Waals surface area contributed by atoms with Crippen molar-refractivity contribution in [3.05, 3.63) is 24.0 Å². The van der Waals surface area contributed by atoms with Crippen molar-refractivity contribution < 1.29 is 18.8 Å². The first-order chi connectivity index (χ1) is 9.13. The fourth-order valence-corrected chi connectivity index (χ4v) is 2.88. The quantitative estimate of drug-likeness (QED) is 0.340. The van der Waals surface area contributed by atoms with Crippen molar-refractivity contribution in [2.45, 2.75) is 45.3 Å². The molecule has 1 aliphatic heterocycles. The van der Waals surface area contributed by atoms with E-state index in [2.05, 4.69) is 33.9 Å². The van der Waals surface area contributed by atoms with Gasteiger partial charge in [0, 0.05) is 0 Å². The van der Waals surface area contributed by atoms with Crippen LogP contribution in [-0.2, 0) is 18.8 Å². The largest absolute Gasteiger partial charge is 0.549 e. The van der Waals surface area contributed by atoms with Crippen LogP contribution in [-0.4, -0.2) is 20.3 Å². The Morgan fingerprint density at radius 2 is 1.95 bits per heavy atom. The highest BCUT2D eigenvalue weighted by atomic mass is 28.4. The van der Waals surface area contributed by atoms with Crippen molar-refractivity contribution >= 4 is 20.3 Å². The molecule has 0 N–H and O–H groups in total. The lowest BCUT2D eigenvalue weighted by molar-refractivity contribution is -0.153. The molecule has 2 rings (SSSR count). The average Bonchev–Trinajstić information content (AvgIpc) is 2.62. The zero-order chi connectivity index (χ0) is 15.1. The molecule has 0 aromatic carbocycles. The van der Waals surface area contributed by atoms with Gasteiger partial charge in [-0.15, -0.1) is 0 Å². The fourth-order valence-electron chi connectivity index (χ4n) is 2.10. The van der Waals surface area contributed by atoms with Gasteiger partial charge >= 0.3 is 11.9 Å². The van der Waals surface area contributed by atoms with Crippen LogP contribution in [0.5, 0.6) is 0 Å². The standard InChI is InChI=1S/C15H22O4Si/c1-15(2,3)20(4,5)18-9-10-7-6-8-11-12(10)14(17)19-13(11)16/h6-7,9,11-12H,8H2,1-5H3/b10-9+/t11-,12+/m1/s1. The molecule has 0 bridgehead atoms. The molecular formula is C15H22O4Si. The number of cyclic esters (lactones) is 2. The van der Waals surface area contributed by atoms with Crippen LogP contribution in [0, 0.1) is 11.8 Å². The summed E-state index contributed by atoms with van der Waals surface area (Å²) in [5, 5.41) is 0.0911. The SMILES string of the molecule is CC(C)(C)[Si](C)(C)O/C=C1\C=CC[C@H]2C(=O)OC(=O)[C@@H]12. The molecular weight excluding hydrogens is 272 g/mol. The van der Waals surface area contributed by atoms with E-state index in [1.54, 1.807) is 6.26 Å². The summed E-state index contributed by atoms with van der Waals surface area (Å²) in [6.07, 6.45) is 6.01. The highest BCUT2D eigenvalue weighted by Gasteiger charge is 2.47. The summed E-state index contributed by atoms with van der Waals surface area (Å²) >= 11 is 0. The number of ether oxygens (including phenoxy) is 1. The maximum Gasteiger partial charge on any atom is 0.322 e. The molecule has 1 saturated heterocycles. The lowest BCUT2D eigenvalue weighted by Crippen LogP contribution is -2.39. The Labute approximate surface area is 121 Å². The molecule has 0 unspecified atom stereocenters. The second kappa shape index (κ2) is 4.88. The molecule has 20 heavy (non-hydrogen) atoms. The Balaban J connectivity index is 2.22. The van der Waals surface area contributed by atoms with Crippen LogP contribution in [0.15, 0.2) is 24.0 Å². The molecule has 5 heteroatoms. The van der Waals surface area contributed by atoms with Crippen molar-refractivity contribution in [2.24, 2.45) is 11.8 Å². The van der Waals surface area contributed by atoms with E-state index in [9.17, 15) is 9.59 Å². The second-order valence-electron chi connectivity index (χ2n) is 6.96. The summed E-state index contributed by atoms with van der Waals surface area (Å²) in [5.41, 5.74) is 0.752. The van der Waals surface area contributed by atoms with Crippen molar-refractivity contribution in [1.82, 2.24) is 0 Å². The van der Waals surface area contributed by atoms with Crippen LogP contribution < -0.4 is 0 Å². The van der Waals surface area contributed by atoms with Crippen LogP contribution in [0.3, 0.4) is 0 Å². The molecule has 0 radical (unpaired) electrons. The van der Waals surface area contributed by atoms with E-state index in [1.165, 1.54) is 0 Å². The summed E-state index contributed by atoms with van der Waals surface area (Å²) in [7, 11) is -1.92. The van der Waals surface area contributed by atoms with E-state index in [1.807, 2.05) is 12.2 Å². The van der Waals surface area contributed by atoms with Crippen molar-refractivity contribution in [2.75, 3.05) is 0 Å². The number of hydrogen-bond donors (Lipinski definition) is 0. The highest BCUT2D eigenvalue weighted by molar-refractivity contribution is 6.74. The molecule has 0 spiro atoms. The normalized spacial score (nSPS) is 28.6. The maximum absolute atomic E-state index is 11.8. The molecule has 0 amide bonds. The lowest BCUT2D eigenvalue weighted by Gasteiger charge is -2.35. The first-order valence-corrected chi connectivity index (χ1v) is 9.84. The summed E-state index contributed by atoms with van der Waals surface area (Å²) < 4.78 is 10.8. The van der Waals surface area contributed by atoms with E-state index in [0.29, 0.717) is 6.42 Å². The van der Waals surface area contributed by atoms with Gasteiger partial charge in [-0.25, -0.2) is 0 Å². The monoisotopic (exact) mass is 294 g/mol. The van der Waals surface area contributed by atoms with Crippen LogP contribution in [0.4, 0.5) is 0 Å². The number of carbonyl (C=O) groups excluding carboxylic acids is 2. The van der Waals surface area contributed by atoms with Gasteiger partial charge in [-0.2, -0.15) is 0 Å². The minimum absolute atomic E-state index is 0.0911. The van der Waals surface area contributed by atoms with Crippen LogP contribution >= 0.6 is 0 Å². The maximum atomic E-state index is 11.8. The van der Waals surface area contributed by atoms with E-state index < -0.39 is 26.2 Å². The lowest BCUT2D eigenvalue weighted by atomic mass is 9.82. The smallest absolute Gasteiger partial charge is 0.322 e. The number of hydrogen-bond acceptors (Lipinski definition) is 4. The van der Waals surface area contributed by atoms with Crippen molar-refractivity contribution in [3.8, 4) is 0 Å². The van der Waals surface area contributed by atoms with E-state index in [0.717, 1.165) is 5.57 Å². The topological polar surface area (TPSA) is 52.6 Å². The minimum Gasteiger partial charge on any atom is -0.549 e. The number of rotatable bonds is 2. The van der Waals surface area contributed by atoms with Gasteiger partial charge in [0.25, 0.3) is 0 Å². The first-order valence-electron chi connectivity index (χ1n) is 6.93. The van der Waals surface area contributed by atoms with Gasteiger partial charge < -0.3 is 9.16 Å². The van der Waals surface area contributed by atoms with Crippen molar-refractivity contribution in [1.29, 1.82) is 0 Å². The molecule has 1 fully saturated rings. The molecule has 0 aromatic heterocycles. The third-order valence-electron chi connectivity index (χ3n) is 4.52. The third-order valence-corrected chi connectivity index (χ3v) is 8.83. The van der Waals surface area contributed by atoms with E-state index >= 15 is 0 Å². The second-order valence-corrected chi connectivity index (χ2v) is 11.7. The summed E-state index contributed by atoms with van der Waals surface area (Å²) in [4.78, 5) is 23.4. The molecule has 2 aliphatic rings. The van der Waals surface area contributed by atoms with Gasteiger partial charge in [0.2, 0.25) is 8.32 Å². The highest BCUT2D eigenvalue weighted by Crippen LogP contribution is 2.39. The number of esters is 2. The van der Waals surface area contributed by atoms with Crippen LogP contribution in [0.1, 0.15) is 27.2 Å². The summed E-state index contributed by atoms with van der Waals surface area (Å²) in [5.74, 6) is -1.73. The molecule has 110 valence electrons. The Kier molecular flexibility index (Phi) is 3.67. The molecule has 1 aliphatic carbocycles. The average molecular weight is 294 g/mol. The summed E-state index contributed by atoms with van der Waals surface area (Å²) in [6.45, 7) is 10.8. The van der Waals surface area contributed by atoms with Crippen LogP contribution in [0.2, 0.25) is 18.1 Å².